The number of fused-ring (bicyclic) bond motifs is 1. The smallest absolute Gasteiger partial charge is 0.181 e. The van der Waals surface area contributed by atoms with Gasteiger partial charge in [0, 0.05) is 12.6 Å². The average molecular weight is 218 g/mol. The van der Waals surface area contributed by atoms with Gasteiger partial charge in [-0.2, -0.15) is 0 Å². The Kier molecular flexibility index (Phi) is 2.50. The summed E-state index contributed by atoms with van der Waals surface area (Å²) >= 11 is 0. The lowest BCUT2D eigenvalue weighted by Gasteiger charge is -2.23. The molecule has 1 atom stereocenters. The quantitative estimate of drug-likeness (QED) is 0.837. The first-order valence-corrected chi connectivity index (χ1v) is 5.62. The number of piperidine rings is 1. The van der Waals surface area contributed by atoms with Crippen LogP contribution in [0, 0.1) is 0 Å². The van der Waals surface area contributed by atoms with Crippen molar-refractivity contribution < 1.29 is 9.15 Å². The molecule has 1 N–H and O–H groups in total. The van der Waals surface area contributed by atoms with Crippen LogP contribution >= 0.6 is 0 Å². The first-order valence-electron chi connectivity index (χ1n) is 5.62. The summed E-state index contributed by atoms with van der Waals surface area (Å²) in [7, 11) is 0. The van der Waals surface area contributed by atoms with Crippen molar-refractivity contribution in [2.75, 3.05) is 13.1 Å². The standard InChI is InChI=1S/C12H14N2O2/c1-2-10(7-13-5-1)16-9-3-4-12-11(6-9)14-8-15-12/h3-4,6,8,10,13H,1-2,5,7H2. The van der Waals surface area contributed by atoms with Crippen LogP contribution < -0.4 is 10.1 Å². The molecule has 0 spiro atoms. The maximum atomic E-state index is 5.89. The fraction of sp³-hybridized carbons (Fsp3) is 0.417. The lowest BCUT2D eigenvalue weighted by atomic mass is 10.1. The van der Waals surface area contributed by atoms with Gasteiger partial charge in [0.1, 0.15) is 17.4 Å². The third-order valence-corrected chi connectivity index (χ3v) is 2.86. The van der Waals surface area contributed by atoms with E-state index in [1.165, 1.54) is 12.8 Å². The second-order valence-electron chi connectivity index (χ2n) is 4.07. The van der Waals surface area contributed by atoms with Crippen LogP contribution in [0.5, 0.6) is 5.75 Å². The van der Waals surface area contributed by atoms with Crippen molar-refractivity contribution >= 4 is 11.1 Å². The molecule has 1 saturated heterocycles. The summed E-state index contributed by atoms with van der Waals surface area (Å²) in [4.78, 5) is 4.11. The molecule has 2 aromatic rings. The third kappa shape index (κ3) is 1.88. The Hall–Kier alpha value is -1.55. The number of rotatable bonds is 2. The summed E-state index contributed by atoms with van der Waals surface area (Å²) in [5.74, 6) is 0.870. The Morgan fingerprint density at radius 2 is 2.44 bits per heavy atom. The molecule has 4 heteroatoms. The summed E-state index contributed by atoms with van der Waals surface area (Å²) in [5.41, 5.74) is 1.65. The summed E-state index contributed by atoms with van der Waals surface area (Å²) in [6, 6.07) is 5.75. The SMILES string of the molecule is c1nc2cc(OC3CCCNC3)ccc2o1. The number of benzene rings is 1. The number of oxazole rings is 1. The normalized spacial score (nSPS) is 21.1. The summed E-state index contributed by atoms with van der Waals surface area (Å²) in [6.45, 7) is 2.03. The molecule has 0 bridgehead atoms. The molecule has 1 aromatic heterocycles. The van der Waals surface area contributed by atoms with Gasteiger partial charge in [0.25, 0.3) is 0 Å². The molecule has 0 aliphatic carbocycles. The van der Waals surface area contributed by atoms with Crippen LogP contribution in [0.25, 0.3) is 11.1 Å². The number of ether oxygens (including phenoxy) is 1. The van der Waals surface area contributed by atoms with Gasteiger partial charge < -0.3 is 14.5 Å². The van der Waals surface area contributed by atoms with E-state index >= 15 is 0 Å². The molecule has 4 nitrogen and oxygen atoms in total. The Balaban J connectivity index is 1.77. The minimum absolute atomic E-state index is 0.276. The molecule has 0 radical (unpaired) electrons. The molecule has 84 valence electrons. The Labute approximate surface area is 93.6 Å². The van der Waals surface area contributed by atoms with Crippen molar-refractivity contribution in [3.8, 4) is 5.75 Å². The number of nitrogens with one attached hydrogen (secondary N) is 1. The second-order valence-corrected chi connectivity index (χ2v) is 4.07. The van der Waals surface area contributed by atoms with Gasteiger partial charge in [0.2, 0.25) is 0 Å². The number of hydrogen-bond acceptors (Lipinski definition) is 4. The zero-order valence-corrected chi connectivity index (χ0v) is 8.98. The highest BCUT2D eigenvalue weighted by Gasteiger charge is 2.14. The van der Waals surface area contributed by atoms with Gasteiger partial charge in [-0.25, -0.2) is 4.98 Å². The Bertz CT molecular complexity index is 475. The van der Waals surface area contributed by atoms with Crippen LogP contribution in [0.3, 0.4) is 0 Å². The largest absolute Gasteiger partial charge is 0.489 e. The average Bonchev–Trinajstić information content (AvgIpc) is 2.77. The van der Waals surface area contributed by atoms with Crippen molar-refractivity contribution in [1.29, 1.82) is 0 Å². The molecule has 1 aromatic carbocycles. The van der Waals surface area contributed by atoms with E-state index < -0.39 is 0 Å². The highest BCUT2D eigenvalue weighted by molar-refractivity contribution is 5.73. The fourth-order valence-electron chi connectivity index (χ4n) is 2.02. The van der Waals surface area contributed by atoms with Crippen LogP contribution in [0.2, 0.25) is 0 Å². The maximum absolute atomic E-state index is 5.89. The molecular weight excluding hydrogens is 204 g/mol. The zero-order chi connectivity index (χ0) is 10.8. The molecule has 0 amide bonds. The van der Waals surface area contributed by atoms with Crippen molar-refractivity contribution in [3.63, 3.8) is 0 Å². The predicted octanol–water partition coefficient (Wildman–Crippen LogP) is 1.96. The summed E-state index contributed by atoms with van der Waals surface area (Å²) in [6.07, 6.45) is 4.02. The van der Waals surface area contributed by atoms with Crippen LogP contribution in [0.1, 0.15) is 12.8 Å². The van der Waals surface area contributed by atoms with Gasteiger partial charge in [0.15, 0.2) is 12.0 Å². The van der Waals surface area contributed by atoms with Gasteiger partial charge in [-0.05, 0) is 31.5 Å². The number of hydrogen-bond donors (Lipinski definition) is 1. The third-order valence-electron chi connectivity index (χ3n) is 2.86. The zero-order valence-electron chi connectivity index (χ0n) is 8.98. The highest BCUT2D eigenvalue weighted by atomic mass is 16.5. The van der Waals surface area contributed by atoms with Crippen LogP contribution in [0.4, 0.5) is 0 Å². The molecule has 0 saturated carbocycles. The van der Waals surface area contributed by atoms with Crippen molar-refractivity contribution in [1.82, 2.24) is 10.3 Å². The van der Waals surface area contributed by atoms with E-state index in [4.69, 9.17) is 9.15 Å². The van der Waals surface area contributed by atoms with E-state index in [-0.39, 0.29) is 6.10 Å². The molecule has 1 fully saturated rings. The molecule has 16 heavy (non-hydrogen) atoms. The number of aromatic nitrogens is 1. The van der Waals surface area contributed by atoms with E-state index in [1.54, 1.807) is 0 Å². The molecular formula is C12H14N2O2. The van der Waals surface area contributed by atoms with Crippen molar-refractivity contribution in [3.05, 3.63) is 24.6 Å². The minimum atomic E-state index is 0.276. The predicted molar refractivity (Wildman–Crippen MR) is 60.5 cm³/mol. The Morgan fingerprint density at radius 1 is 1.44 bits per heavy atom. The van der Waals surface area contributed by atoms with E-state index in [2.05, 4.69) is 10.3 Å². The Morgan fingerprint density at radius 3 is 3.31 bits per heavy atom. The van der Waals surface area contributed by atoms with Crippen molar-refractivity contribution in [2.45, 2.75) is 18.9 Å². The fourth-order valence-corrected chi connectivity index (χ4v) is 2.02. The molecule has 2 heterocycles. The molecule has 1 aliphatic rings. The van der Waals surface area contributed by atoms with E-state index in [0.29, 0.717) is 0 Å². The van der Waals surface area contributed by atoms with Gasteiger partial charge in [-0.1, -0.05) is 0 Å². The monoisotopic (exact) mass is 218 g/mol. The molecule has 1 unspecified atom stereocenters. The van der Waals surface area contributed by atoms with Gasteiger partial charge >= 0.3 is 0 Å². The summed E-state index contributed by atoms with van der Waals surface area (Å²) in [5, 5.41) is 3.33. The maximum Gasteiger partial charge on any atom is 0.181 e. The lowest BCUT2D eigenvalue weighted by molar-refractivity contribution is 0.167. The van der Waals surface area contributed by atoms with Gasteiger partial charge in [-0.3, -0.25) is 0 Å². The highest BCUT2D eigenvalue weighted by Crippen LogP contribution is 2.21. The summed E-state index contributed by atoms with van der Waals surface area (Å²) < 4.78 is 11.1. The van der Waals surface area contributed by atoms with E-state index in [0.717, 1.165) is 36.4 Å². The lowest BCUT2D eigenvalue weighted by Crippen LogP contribution is -2.37. The molecule has 1 aliphatic heterocycles. The first-order chi connectivity index (χ1) is 7.92. The van der Waals surface area contributed by atoms with Gasteiger partial charge in [-0.15, -0.1) is 0 Å². The second kappa shape index (κ2) is 4.14. The van der Waals surface area contributed by atoms with E-state index in [9.17, 15) is 0 Å². The minimum Gasteiger partial charge on any atom is -0.489 e. The van der Waals surface area contributed by atoms with Crippen LogP contribution in [-0.2, 0) is 0 Å². The van der Waals surface area contributed by atoms with E-state index in [1.807, 2.05) is 18.2 Å². The topological polar surface area (TPSA) is 47.3 Å². The number of nitrogens with zero attached hydrogens (tertiary/aromatic N) is 1. The van der Waals surface area contributed by atoms with Crippen molar-refractivity contribution in [2.24, 2.45) is 0 Å². The van der Waals surface area contributed by atoms with Gasteiger partial charge in [0.05, 0.1) is 0 Å². The molecule has 3 rings (SSSR count). The van der Waals surface area contributed by atoms with Crippen LogP contribution in [-0.4, -0.2) is 24.2 Å². The van der Waals surface area contributed by atoms with Crippen LogP contribution in [0.15, 0.2) is 29.0 Å². The first kappa shape index (κ1) is 9.66.